The molecule has 1 aromatic rings. The van der Waals surface area contributed by atoms with Crippen molar-refractivity contribution in [1.82, 2.24) is 4.98 Å². The molecular weight excluding hydrogens is 182 g/mol. The van der Waals surface area contributed by atoms with Crippen molar-refractivity contribution in [3.63, 3.8) is 0 Å². The van der Waals surface area contributed by atoms with E-state index in [1.807, 2.05) is 0 Å². The predicted octanol–water partition coefficient (Wildman–Crippen LogP) is 0.341. The number of pyridine rings is 1. The van der Waals surface area contributed by atoms with Gasteiger partial charge in [0.25, 0.3) is 0 Å². The quantitative estimate of drug-likeness (QED) is 0.681. The summed E-state index contributed by atoms with van der Waals surface area (Å²) in [6, 6.07) is 3.56. The van der Waals surface area contributed by atoms with Gasteiger partial charge in [0.2, 0.25) is 0 Å². The van der Waals surface area contributed by atoms with Crippen molar-refractivity contribution in [2.45, 2.75) is 19.1 Å². The fourth-order valence-corrected chi connectivity index (χ4v) is 1.01. The smallest absolute Gasteiger partial charge is 0.0795 e. The van der Waals surface area contributed by atoms with Crippen molar-refractivity contribution in [3.05, 3.63) is 30.1 Å². The van der Waals surface area contributed by atoms with E-state index in [1.165, 1.54) is 0 Å². The lowest BCUT2D eigenvalue weighted by Gasteiger charge is -1.89. The summed E-state index contributed by atoms with van der Waals surface area (Å²) in [5.74, 6) is 0. The Morgan fingerprint density at radius 2 is 2.14 bits per heavy atom. The maximum Gasteiger partial charge on any atom is 0.0795 e. The fraction of sp³-hybridized carbons (Fsp3) is 0.500. The minimum absolute atomic E-state index is 0.0997. The highest BCUT2D eigenvalue weighted by Gasteiger charge is 2.09. The van der Waals surface area contributed by atoms with Crippen molar-refractivity contribution >= 4 is 0 Å². The van der Waals surface area contributed by atoms with E-state index < -0.39 is 0 Å². The minimum atomic E-state index is -0.176. The number of hydrogen-bond donors (Lipinski definition) is 2. The van der Waals surface area contributed by atoms with Crippen molar-refractivity contribution < 1.29 is 14.9 Å². The second-order valence-corrected chi connectivity index (χ2v) is 3.03. The average molecular weight is 197 g/mol. The van der Waals surface area contributed by atoms with Gasteiger partial charge in [0.15, 0.2) is 0 Å². The van der Waals surface area contributed by atoms with Crippen LogP contribution in [0.3, 0.4) is 0 Å². The molecule has 0 aromatic carbocycles. The molecule has 4 heteroatoms. The number of hydrogen-bond acceptors (Lipinski definition) is 4. The van der Waals surface area contributed by atoms with Crippen molar-refractivity contribution in [2.24, 2.45) is 0 Å². The zero-order valence-corrected chi connectivity index (χ0v) is 7.97. The molecule has 14 heavy (non-hydrogen) atoms. The summed E-state index contributed by atoms with van der Waals surface area (Å²) >= 11 is 0. The van der Waals surface area contributed by atoms with Gasteiger partial charge in [0.05, 0.1) is 19.3 Å². The molecule has 1 fully saturated rings. The lowest BCUT2D eigenvalue weighted by atomic mass is 10.3. The number of rotatable bonds is 1. The number of nitrogens with zero attached hydrogens (tertiary/aromatic N) is 1. The molecule has 2 heterocycles. The first-order chi connectivity index (χ1) is 6.83. The molecule has 1 aromatic heterocycles. The molecule has 4 nitrogen and oxygen atoms in total. The predicted molar refractivity (Wildman–Crippen MR) is 51.6 cm³/mol. The molecule has 1 unspecified atom stereocenters. The van der Waals surface area contributed by atoms with Crippen LogP contribution in [0.2, 0.25) is 0 Å². The van der Waals surface area contributed by atoms with E-state index >= 15 is 0 Å². The zero-order chi connectivity index (χ0) is 10.2. The van der Waals surface area contributed by atoms with Gasteiger partial charge < -0.3 is 14.9 Å². The van der Waals surface area contributed by atoms with E-state index in [9.17, 15) is 0 Å². The molecule has 0 aliphatic carbocycles. The highest BCUT2D eigenvalue weighted by Crippen LogP contribution is 2.00. The van der Waals surface area contributed by atoms with Gasteiger partial charge in [0, 0.05) is 19.0 Å². The van der Waals surface area contributed by atoms with Crippen molar-refractivity contribution in [1.29, 1.82) is 0 Å². The maximum atomic E-state index is 8.60. The van der Waals surface area contributed by atoms with Crippen LogP contribution in [0, 0.1) is 0 Å². The summed E-state index contributed by atoms with van der Waals surface area (Å²) in [4.78, 5) is 3.78. The van der Waals surface area contributed by atoms with Gasteiger partial charge in [-0.05, 0) is 24.1 Å². The second-order valence-electron chi connectivity index (χ2n) is 3.03. The molecule has 1 aliphatic heterocycles. The highest BCUT2D eigenvalue weighted by molar-refractivity contribution is 5.07. The van der Waals surface area contributed by atoms with E-state index in [1.54, 1.807) is 24.5 Å². The van der Waals surface area contributed by atoms with Crippen LogP contribution in [0.4, 0.5) is 0 Å². The van der Waals surface area contributed by atoms with Crippen LogP contribution in [-0.4, -0.2) is 34.5 Å². The molecule has 2 rings (SSSR count). The standard InChI is InChI=1S/C6H7NO.C4H8O2/c8-5-6-1-3-7-4-2-6;5-4-1-2-6-3-4/h1-4,8H,5H2;4-5H,1-3H2. The van der Waals surface area contributed by atoms with E-state index in [0.29, 0.717) is 6.61 Å². The third-order valence-electron chi connectivity index (χ3n) is 1.84. The molecule has 78 valence electrons. The summed E-state index contributed by atoms with van der Waals surface area (Å²) in [7, 11) is 0. The van der Waals surface area contributed by atoms with Crippen molar-refractivity contribution in [2.75, 3.05) is 13.2 Å². The molecule has 0 bridgehead atoms. The van der Waals surface area contributed by atoms with Crippen LogP contribution in [-0.2, 0) is 11.3 Å². The molecule has 0 saturated carbocycles. The van der Waals surface area contributed by atoms with Gasteiger partial charge in [0.1, 0.15) is 0 Å². The fourth-order valence-electron chi connectivity index (χ4n) is 1.01. The molecule has 1 atom stereocenters. The van der Waals surface area contributed by atoms with Crippen LogP contribution in [0.1, 0.15) is 12.0 Å². The first-order valence-electron chi connectivity index (χ1n) is 4.58. The van der Waals surface area contributed by atoms with Crippen LogP contribution in [0.5, 0.6) is 0 Å². The Balaban J connectivity index is 0.000000146. The molecular formula is C10H15NO3. The van der Waals surface area contributed by atoms with Gasteiger partial charge in [-0.1, -0.05) is 0 Å². The Kier molecular flexibility index (Phi) is 5.14. The lowest BCUT2D eigenvalue weighted by Crippen LogP contribution is -2.02. The van der Waals surface area contributed by atoms with Crippen LogP contribution >= 0.6 is 0 Å². The normalized spacial score (nSPS) is 20.0. The van der Waals surface area contributed by atoms with Gasteiger partial charge in [-0.3, -0.25) is 4.98 Å². The van der Waals surface area contributed by atoms with Crippen molar-refractivity contribution in [3.8, 4) is 0 Å². The average Bonchev–Trinajstić information content (AvgIpc) is 2.71. The largest absolute Gasteiger partial charge is 0.392 e. The molecule has 1 saturated heterocycles. The van der Waals surface area contributed by atoms with E-state index in [0.717, 1.165) is 18.6 Å². The Bertz CT molecular complexity index is 234. The molecule has 1 aliphatic rings. The number of aromatic nitrogens is 1. The SMILES string of the molecule is OC1CCOC1.OCc1ccncc1. The van der Waals surface area contributed by atoms with Gasteiger partial charge in [-0.2, -0.15) is 0 Å². The highest BCUT2D eigenvalue weighted by atomic mass is 16.5. The summed E-state index contributed by atoms with van der Waals surface area (Å²) in [5, 5.41) is 17.1. The number of aliphatic hydroxyl groups excluding tert-OH is 2. The topological polar surface area (TPSA) is 62.6 Å². The Labute approximate surface area is 83.2 Å². The number of aliphatic hydroxyl groups is 2. The molecule has 2 N–H and O–H groups in total. The van der Waals surface area contributed by atoms with E-state index in [2.05, 4.69) is 4.98 Å². The van der Waals surface area contributed by atoms with Crippen LogP contribution in [0.25, 0.3) is 0 Å². The van der Waals surface area contributed by atoms with Crippen LogP contribution < -0.4 is 0 Å². The Morgan fingerprint density at radius 1 is 1.43 bits per heavy atom. The van der Waals surface area contributed by atoms with E-state index in [-0.39, 0.29) is 12.7 Å². The molecule has 0 spiro atoms. The second kappa shape index (κ2) is 6.48. The third kappa shape index (κ3) is 4.32. The Morgan fingerprint density at radius 3 is 2.43 bits per heavy atom. The maximum absolute atomic E-state index is 8.60. The van der Waals surface area contributed by atoms with Gasteiger partial charge in [-0.15, -0.1) is 0 Å². The molecule has 0 radical (unpaired) electrons. The monoisotopic (exact) mass is 197 g/mol. The van der Waals surface area contributed by atoms with Gasteiger partial charge in [-0.25, -0.2) is 0 Å². The zero-order valence-electron chi connectivity index (χ0n) is 7.97. The first-order valence-corrected chi connectivity index (χ1v) is 4.58. The Hall–Kier alpha value is -0.970. The summed E-state index contributed by atoms with van der Waals surface area (Å²) in [6.07, 6.45) is 3.96. The first kappa shape index (κ1) is 11.1. The third-order valence-corrected chi connectivity index (χ3v) is 1.84. The molecule has 0 amide bonds. The summed E-state index contributed by atoms with van der Waals surface area (Å²) < 4.78 is 4.81. The summed E-state index contributed by atoms with van der Waals surface area (Å²) in [6.45, 7) is 1.38. The minimum Gasteiger partial charge on any atom is -0.392 e. The van der Waals surface area contributed by atoms with E-state index in [4.69, 9.17) is 14.9 Å². The lowest BCUT2D eigenvalue weighted by molar-refractivity contribution is 0.127. The van der Waals surface area contributed by atoms with Crippen LogP contribution in [0.15, 0.2) is 24.5 Å². The summed E-state index contributed by atoms with van der Waals surface area (Å²) in [5.41, 5.74) is 0.903. The number of ether oxygens (including phenoxy) is 1. The van der Waals surface area contributed by atoms with Gasteiger partial charge >= 0.3 is 0 Å².